The lowest BCUT2D eigenvalue weighted by atomic mass is 10.3. The van der Waals surface area contributed by atoms with Gasteiger partial charge in [-0.3, -0.25) is 0 Å². The van der Waals surface area contributed by atoms with E-state index in [1.165, 1.54) is 73.0 Å². The van der Waals surface area contributed by atoms with Gasteiger partial charge in [-0.25, -0.2) is 0 Å². The van der Waals surface area contributed by atoms with Crippen LogP contribution in [0.2, 0.25) is 0 Å². The fraction of sp³-hybridized carbons (Fsp3) is 1.00. The molecule has 0 aliphatic heterocycles. The molecule has 0 N–H and O–H groups in total. The molecule has 0 aromatic carbocycles. The van der Waals surface area contributed by atoms with E-state index in [2.05, 4.69) is 49.1 Å². The average molecular weight is 295 g/mol. The van der Waals surface area contributed by atoms with Crippen LogP contribution in [0.5, 0.6) is 0 Å². The lowest BCUT2D eigenvalue weighted by molar-refractivity contribution is 0.775. The zero-order valence-corrected chi connectivity index (χ0v) is 14.2. The van der Waals surface area contributed by atoms with E-state index in [-0.39, 0.29) is 0 Å². The largest absolute Gasteiger partial charge is 0.162 e. The predicted octanol–water partition coefficient (Wildman–Crippen LogP) is 5.57. The van der Waals surface area contributed by atoms with Crippen LogP contribution in [-0.4, -0.2) is 34.5 Å². The van der Waals surface area contributed by atoms with E-state index in [9.17, 15) is 0 Å². The molecule has 0 aromatic heterocycles. The summed E-state index contributed by atoms with van der Waals surface area (Å²) in [6.07, 6.45) is 8.59. The molecule has 0 radical (unpaired) electrons. The van der Waals surface area contributed by atoms with E-state index >= 15 is 0 Å². The molecule has 17 heavy (non-hydrogen) atoms. The smallest absolute Gasteiger partial charge is 0.00675 e. The number of hydrogen-bond donors (Lipinski definition) is 0. The van der Waals surface area contributed by atoms with Gasteiger partial charge in [-0.2, -0.15) is 35.3 Å². The van der Waals surface area contributed by atoms with Crippen LogP contribution in [0.1, 0.15) is 52.4 Å². The van der Waals surface area contributed by atoms with Crippen LogP contribution in [0.15, 0.2) is 0 Å². The maximum Gasteiger partial charge on any atom is -0.00675 e. The molecule has 0 amide bonds. The molecule has 0 rings (SSSR count). The fourth-order valence-electron chi connectivity index (χ4n) is 1.56. The second-order valence-electron chi connectivity index (χ2n) is 4.13. The fourth-order valence-corrected chi connectivity index (χ4v) is 3.98. The summed E-state index contributed by atoms with van der Waals surface area (Å²) >= 11 is 6.33. The third-order valence-corrected chi connectivity index (χ3v) is 5.69. The topological polar surface area (TPSA) is 0 Å². The molecule has 3 heteroatoms. The van der Waals surface area contributed by atoms with Crippen molar-refractivity contribution in [3.8, 4) is 0 Å². The molecule has 0 fully saturated rings. The second kappa shape index (κ2) is 17.1. The summed E-state index contributed by atoms with van der Waals surface area (Å²) in [5.74, 6) is 8.09. The maximum absolute atomic E-state index is 2.25. The van der Waals surface area contributed by atoms with Crippen molar-refractivity contribution in [1.29, 1.82) is 0 Å². The quantitative estimate of drug-likeness (QED) is 0.385. The van der Waals surface area contributed by atoms with E-state index in [4.69, 9.17) is 0 Å². The molecule has 0 atom stereocenters. The first-order valence-corrected chi connectivity index (χ1v) is 10.6. The monoisotopic (exact) mass is 294 g/mol. The van der Waals surface area contributed by atoms with Gasteiger partial charge >= 0.3 is 0 Å². The second-order valence-corrected chi connectivity index (χ2v) is 8.14. The minimum absolute atomic E-state index is 1.28. The third kappa shape index (κ3) is 17.1. The summed E-state index contributed by atoms with van der Waals surface area (Å²) < 4.78 is 0. The van der Waals surface area contributed by atoms with Crippen molar-refractivity contribution in [2.45, 2.75) is 52.4 Å². The van der Waals surface area contributed by atoms with Gasteiger partial charge in [-0.15, -0.1) is 0 Å². The molecular weight excluding hydrogens is 264 g/mol. The highest BCUT2D eigenvalue weighted by atomic mass is 32.2. The minimum Gasteiger partial charge on any atom is -0.162 e. The Kier molecular flexibility index (Phi) is 18.1. The first kappa shape index (κ1) is 18.0. The summed E-state index contributed by atoms with van der Waals surface area (Å²) in [6, 6.07) is 0. The lowest BCUT2D eigenvalue weighted by Gasteiger charge is -2.02. The van der Waals surface area contributed by atoms with Crippen LogP contribution in [0.3, 0.4) is 0 Å². The summed E-state index contributed by atoms with van der Waals surface area (Å²) in [5.41, 5.74) is 0. The van der Waals surface area contributed by atoms with Crippen molar-refractivity contribution >= 4 is 35.3 Å². The van der Waals surface area contributed by atoms with Gasteiger partial charge in [-0.05, 0) is 60.2 Å². The molecular formula is C14H30S3. The summed E-state index contributed by atoms with van der Waals surface area (Å²) in [7, 11) is 0. The molecule has 0 bridgehead atoms. The highest BCUT2D eigenvalue weighted by Crippen LogP contribution is 2.12. The van der Waals surface area contributed by atoms with Crippen molar-refractivity contribution in [1.82, 2.24) is 0 Å². The predicted molar refractivity (Wildman–Crippen MR) is 91.0 cm³/mol. The summed E-state index contributed by atoms with van der Waals surface area (Å²) in [4.78, 5) is 0. The molecule has 104 valence electrons. The molecule has 0 saturated carbocycles. The van der Waals surface area contributed by atoms with E-state index in [0.29, 0.717) is 0 Å². The zero-order chi connectivity index (χ0) is 12.6. The van der Waals surface area contributed by atoms with Crippen LogP contribution in [-0.2, 0) is 0 Å². The summed E-state index contributed by atoms with van der Waals surface area (Å²) in [5, 5.41) is 0. The van der Waals surface area contributed by atoms with E-state index in [0.717, 1.165) is 0 Å². The molecule has 0 unspecified atom stereocenters. The van der Waals surface area contributed by atoms with Gasteiger partial charge in [0.25, 0.3) is 0 Å². The maximum atomic E-state index is 2.25. The summed E-state index contributed by atoms with van der Waals surface area (Å²) in [6.45, 7) is 4.50. The zero-order valence-electron chi connectivity index (χ0n) is 11.7. The third-order valence-electron chi connectivity index (χ3n) is 2.56. The Labute approximate surface area is 122 Å². The molecule has 0 heterocycles. The van der Waals surface area contributed by atoms with Gasteiger partial charge in [0.15, 0.2) is 0 Å². The highest BCUT2D eigenvalue weighted by molar-refractivity contribution is 7.99. The Morgan fingerprint density at radius 2 is 0.824 bits per heavy atom. The first-order chi connectivity index (χ1) is 8.41. The normalized spacial score (nSPS) is 10.9. The number of rotatable bonds is 14. The van der Waals surface area contributed by atoms with Crippen LogP contribution in [0.25, 0.3) is 0 Å². The Morgan fingerprint density at radius 3 is 1.18 bits per heavy atom. The van der Waals surface area contributed by atoms with Gasteiger partial charge in [0.1, 0.15) is 0 Å². The van der Waals surface area contributed by atoms with Crippen molar-refractivity contribution in [2.24, 2.45) is 0 Å². The van der Waals surface area contributed by atoms with Crippen LogP contribution in [0, 0.1) is 0 Å². The van der Waals surface area contributed by atoms with Gasteiger partial charge in [0, 0.05) is 0 Å². The van der Waals surface area contributed by atoms with Gasteiger partial charge in [0.05, 0.1) is 0 Å². The minimum atomic E-state index is 1.28. The van der Waals surface area contributed by atoms with Crippen LogP contribution in [0.4, 0.5) is 0 Å². The van der Waals surface area contributed by atoms with E-state index < -0.39 is 0 Å². The van der Waals surface area contributed by atoms with Crippen molar-refractivity contribution < 1.29 is 0 Å². The number of unbranched alkanes of at least 4 members (excludes halogenated alkanes) is 4. The van der Waals surface area contributed by atoms with Crippen molar-refractivity contribution in [2.75, 3.05) is 34.5 Å². The van der Waals surface area contributed by atoms with Gasteiger partial charge < -0.3 is 0 Å². The van der Waals surface area contributed by atoms with E-state index in [1.807, 2.05) is 0 Å². The van der Waals surface area contributed by atoms with Crippen molar-refractivity contribution in [3.63, 3.8) is 0 Å². The highest BCUT2D eigenvalue weighted by Gasteiger charge is 1.93. The Hall–Kier alpha value is 1.05. The number of hydrogen-bond acceptors (Lipinski definition) is 3. The molecule has 0 saturated heterocycles. The van der Waals surface area contributed by atoms with Gasteiger partial charge in [0.2, 0.25) is 0 Å². The Morgan fingerprint density at radius 1 is 0.471 bits per heavy atom. The molecule has 0 spiro atoms. The van der Waals surface area contributed by atoms with Crippen molar-refractivity contribution in [3.05, 3.63) is 0 Å². The Bertz CT molecular complexity index is 115. The molecule has 0 aliphatic carbocycles. The van der Waals surface area contributed by atoms with Crippen LogP contribution < -0.4 is 0 Å². The number of thioether (sulfide) groups is 3. The standard InChI is InChI=1S/C14H30S3/c1-3-15-11-7-5-9-13-17-14-10-6-8-12-16-4-2/h3-14H2,1-2H3. The SMILES string of the molecule is CCSCCCCCSCCCCCSCC. The average Bonchev–Trinajstić information content (AvgIpc) is 2.35. The first-order valence-electron chi connectivity index (χ1n) is 7.15. The molecule has 0 aromatic rings. The van der Waals surface area contributed by atoms with Crippen LogP contribution >= 0.6 is 35.3 Å². The lowest BCUT2D eigenvalue weighted by Crippen LogP contribution is -1.88. The molecule has 0 nitrogen and oxygen atoms in total. The Balaban J connectivity index is 2.85. The van der Waals surface area contributed by atoms with E-state index in [1.54, 1.807) is 0 Å². The molecule has 0 aliphatic rings. The van der Waals surface area contributed by atoms with Gasteiger partial charge in [-0.1, -0.05) is 26.7 Å².